The summed E-state index contributed by atoms with van der Waals surface area (Å²) in [6, 6.07) is 14.1. The molecule has 0 nitrogen and oxygen atoms in total. The van der Waals surface area contributed by atoms with Crippen LogP contribution in [0.4, 0.5) is 0 Å². The highest BCUT2D eigenvalue weighted by molar-refractivity contribution is 6.48. The molecule has 0 fully saturated rings. The summed E-state index contributed by atoms with van der Waals surface area (Å²) >= 11 is 12.2. The molecule has 0 aliphatic rings. The van der Waals surface area contributed by atoms with Gasteiger partial charge >= 0.3 is 0 Å². The van der Waals surface area contributed by atoms with Gasteiger partial charge in [0, 0.05) is 0 Å². The number of alkyl halides is 2. The zero-order valence-electron chi connectivity index (χ0n) is 7.80. The van der Waals surface area contributed by atoms with Crippen molar-refractivity contribution in [1.82, 2.24) is 0 Å². The lowest BCUT2D eigenvalue weighted by Crippen LogP contribution is -2.03. The van der Waals surface area contributed by atoms with E-state index < -0.39 is 4.33 Å². The van der Waals surface area contributed by atoms with Gasteiger partial charge in [0.15, 0.2) is 0 Å². The van der Waals surface area contributed by atoms with Crippen molar-refractivity contribution in [2.75, 3.05) is 0 Å². The standard InChI is InChI=1S/C12H10Cl2/c1-12(13,14)11-8-4-6-9-5-2-3-7-10(9)11/h2-8H,1H3. The van der Waals surface area contributed by atoms with E-state index in [-0.39, 0.29) is 0 Å². The van der Waals surface area contributed by atoms with Crippen LogP contribution in [-0.4, -0.2) is 0 Å². The van der Waals surface area contributed by atoms with Gasteiger partial charge in [0.25, 0.3) is 0 Å². The largest absolute Gasteiger partial charge is 0.141 e. The normalized spacial score (nSPS) is 11.9. The number of hydrogen-bond donors (Lipinski definition) is 0. The second-order valence-corrected chi connectivity index (χ2v) is 5.12. The molecule has 0 saturated heterocycles. The van der Waals surface area contributed by atoms with Gasteiger partial charge in [-0.15, -0.1) is 0 Å². The van der Waals surface area contributed by atoms with Crippen LogP contribution in [0.1, 0.15) is 12.5 Å². The van der Waals surface area contributed by atoms with Crippen LogP contribution in [0, 0.1) is 0 Å². The van der Waals surface area contributed by atoms with Gasteiger partial charge in [-0.1, -0.05) is 65.7 Å². The minimum absolute atomic E-state index is 0.832. The highest BCUT2D eigenvalue weighted by atomic mass is 35.5. The van der Waals surface area contributed by atoms with Gasteiger partial charge in [-0.05, 0) is 23.3 Å². The van der Waals surface area contributed by atoms with Gasteiger partial charge in [0.05, 0.1) is 0 Å². The Morgan fingerprint density at radius 2 is 1.57 bits per heavy atom. The molecular formula is C12H10Cl2. The van der Waals surface area contributed by atoms with Crippen molar-refractivity contribution in [3.8, 4) is 0 Å². The van der Waals surface area contributed by atoms with E-state index in [1.807, 2.05) is 30.3 Å². The van der Waals surface area contributed by atoms with E-state index in [1.165, 1.54) is 0 Å². The Morgan fingerprint density at radius 3 is 2.29 bits per heavy atom. The van der Waals surface area contributed by atoms with E-state index in [9.17, 15) is 0 Å². The van der Waals surface area contributed by atoms with E-state index in [1.54, 1.807) is 6.92 Å². The molecule has 0 aromatic heterocycles. The summed E-state index contributed by atoms with van der Waals surface area (Å²) in [7, 11) is 0. The maximum Gasteiger partial charge on any atom is 0.141 e. The quantitative estimate of drug-likeness (QED) is 0.627. The summed E-state index contributed by atoms with van der Waals surface area (Å²) in [6.07, 6.45) is 0. The van der Waals surface area contributed by atoms with Crippen molar-refractivity contribution in [1.29, 1.82) is 0 Å². The van der Waals surface area contributed by atoms with Gasteiger partial charge < -0.3 is 0 Å². The van der Waals surface area contributed by atoms with Crippen LogP contribution in [0.3, 0.4) is 0 Å². The molecule has 0 bridgehead atoms. The van der Waals surface area contributed by atoms with Crippen molar-refractivity contribution < 1.29 is 0 Å². The van der Waals surface area contributed by atoms with E-state index in [0.717, 1.165) is 16.3 Å². The summed E-state index contributed by atoms with van der Waals surface area (Å²) in [5.74, 6) is 0. The molecule has 0 saturated carbocycles. The lowest BCUT2D eigenvalue weighted by molar-refractivity contribution is 0.990. The Hall–Kier alpha value is -0.720. The first-order valence-electron chi connectivity index (χ1n) is 4.45. The molecule has 0 amide bonds. The van der Waals surface area contributed by atoms with Crippen LogP contribution < -0.4 is 0 Å². The topological polar surface area (TPSA) is 0 Å². The van der Waals surface area contributed by atoms with E-state index in [2.05, 4.69) is 12.1 Å². The van der Waals surface area contributed by atoms with Gasteiger partial charge in [0.1, 0.15) is 4.33 Å². The van der Waals surface area contributed by atoms with Gasteiger partial charge in [-0.2, -0.15) is 0 Å². The third kappa shape index (κ3) is 1.73. The molecule has 72 valence electrons. The Labute approximate surface area is 93.4 Å². The summed E-state index contributed by atoms with van der Waals surface area (Å²) in [5, 5.41) is 2.28. The minimum atomic E-state index is -0.832. The third-order valence-corrected chi connectivity index (χ3v) is 2.67. The summed E-state index contributed by atoms with van der Waals surface area (Å²) in [4.78, 5) is 0. The monoisotopic (exact) mass is 224 g/mol. The van der Waals surface area contributed by atoms with Crippen molar-refractivity contribution in [2.24, 2.45) is 0 Å². The smallest absolute Gasteiger partial charge is 0.0966 e. The maximum atomic E-state index is 6.10. The van der Waals surface area contributed by atoms with Crippen molar-refractivity contribution in [3.05, 3.63) is 48.0 Å². The molecule has 0 unspecified atom stereocenters. The fourth-order valence-corrected chi connectivity index (χ4v) is 1.94. The molecule has 2 aromatic rings. The molecule has 2 rings (SSSR count). The molecule has 0 aliphatic heterocycles. The lowest BCUT2D eigenvalue weighted by atomic mass is 10.0. The van der Waals surface area contributed by atoms with Crippen LogP contribution >= 0.6 is 23.2 Å². The molecular weight excluding hydrogens is 215 g/mol. The van der Waals surface area contributed by atoms with Gasteiger partial charge in [-0.3, -0.25) is 0 Å². The molecule has 0 radical (unpaired) electrons. The second kappa shape index (κ2) is 3.45. The number of hydrogen-bond acceptors (Lipinski definition) is 0. The Morgan fingerprint density at radius 1 is 0.929 bits per heavy atom. The second-order valence-electron chi connectivity index (χ2n) is 3.42. The van der Waals surface area contributed by atoms with Crippen LogP contribution in [0.15, 0.2) is 42.5 Å². The predicted octanol–water partition coefficient (Wildman–Crippen LogP) is 4.49. The zero-order chi connectivity index (χ0) is 10.2. The Bertz CT molecular complexity index is 450. The molecule has 0 N–H and O–H groups in total. The average molecular weight is 225 g/mol. The number of halogens is 2. The van der Waals surface area contributed by atoms with Crippen molar-refractivity contribution >= 4 is 34.0 Å². The minimum Gasteiger partial charge on any atom is -0.0966 e. The molecule has 0 aliphatic carbocycles. The first-order chi connectivity index (χ1) is 6.59. The zero-order valence-corrected chi connectivity index (χ0v) is 9.31. The molecule has 0 heterocycles. The molecule has 0 atom stereocenters. The highest BCUT2D eigenvalue weighted by Gasteiger charge is 2.21. The number of benzene rings is 2. The summed E-state index contributed by atoms with van der Waals surface area (Å²) in [6.45, 7) is 1.79. The predicted molar refractivity (Wildman–Crippen MR) is 63.0 cm³/mol. The molecule has 14 heavy (non-hydrogen) atoms. The van der Waals surface area contributed by atoms with Gasteiger partial charge in [-0.25, -0.2) is 0 Å². The Balaban J connectivity index is 2.78. The van der Waals surface area contributed by atoms with Crippen LogP contribution in [0.25, 0.3) is 10.8 Å². The van der Waals surface area contributed by atoms with Crippen molar-refractivity contribution in [2.45, 2.75) is 11.3 Å². The lowest BCUT2D eigenvalue weighted by Gasteiger charge is -2.16. The number of rotatable bonds is 1. The first kappa shape index (κ1) is 9.82. The summed E-state index contributed by atoms with van der Waals surface area (Å²) < 4.78 is -0.832. The maximum absolute atomic E-state index is 6.10. The van der Waals surface area contributed by atoms with Gasteiger partial charge in [0.2, 0.25) is 0 Å². The van der Waals surface area contributed by atoms with E-state index in [4.69, 9.17) is 23.2 Å². The van der Waals surface area contributed by atoms with Crippen LogP contribution in [-0.2, 0) is 4.33 Å². The SMILES string of the molecule is CC(Cl)(Cl)c1cccc2ccccc12. The molecule has 0 spiro atoms. The molecule has 2 aromatic carbocycles. The summed E-state index contributed by atoms with van der Waals surface area (Å²) in [5.41, 5.74) is 0.957. The molecule has 2 heteroatoms. The van der Waals surface area contributed by atoms with E-state index >= 15 is 0 Å². The average Bonchev–Trinajstić information content (AvgIpc) is 2.15. The fraction of sp³-hybridized carbons (Fsp3) is 0.167. The van der Waals surface area contributed by atoms with Crippen molar-refractivity contribution in [3.63, 3.8) is 0 Å². The van der Waals surface area contributed by atoms with Crippen LogP contribution in [0.5, 0.6) is 0 Å². The van der Waals surface area contributed by atoms with E-state index in [0.29, 0.717) is 0 Å². The first-order valence-corrected chi connectivity index (χ1v) is 5.21. The Kier molecular flexibility index (Phi) is 2.42. The third-order valence-electron chi connectivity index (χ3n) is 2.26. The highest BCUT2D eigenvalue weighted by Crippen LogP contribution is 2.37. The fourth-order valence-electron chi connectivity index (χ4n) is 1.61. The number of fused-ring (bicyclic) bond motifs is 1. The van der Waals surface area contributed by atoms with Crippen LogP contribution in [0.2, 0.25) is 0 Å².